The molecule has 0 bridgehead atoms. The topological polar surface area (TPSA) is 117 Å². The van der Waals surface area contributed by atoms with Crippen molar-refractivity contribution in [2.75, 3.05) is 37.1 Å². The zero-order chi connectivity index (χ0) is 24.1. The molecule has 1 aromatic carbocycles. The van der Waals surface area contributed by atoms with Gasteiger partial charge in [-0.25, -0.2) is 15.0 Å². The van der Waals surface area contributed by atoms with Crippen LogP contribution >= 0.6 is 11.6 Å². The monoisotopic (exact) mass is 483 g/mol. The summed E-state index contributed by atoms with van der Waals surface area (Å²) >= 11 is 6.34. The number of nitrogens with one attached hydrogen (secondary N) is 1. The van der Waals surface area contributed by atoms with Crippen LogP contribution in [0.25, 0.3) is 0 Å². The molecule has 0 radical (unpaired) electrons. The first-order valence-electron chi connectivity index (χ1n) is 10.9. The lowest BCUT2D eigenvalue weighted by molar-refractivity contribution is 0.0949. The quantitative estimate of drug-likeness (QED) is 0.498. The fraction of sp³-hybridized carbons (Fsp3) is 0.348. The van der Waals surface area contributed by atoms with Crippen LogP contribution in [-0.2, 0) is 6.54 Å². The van der Waals surface area contributed by atoms with Gasteiger partial charge in [0.1, 0.15) is 17.1 Å². The number of hydrogen-bond acceptors (Lipinski definition) is 9. The van der Waals surface area contributed by atoms with Gasteiger partial charge in [0.2, 0.25) is 5.95 Å². The molecular weight excluding hydrogens is 458 g/mol. The van der Waals surface area contributed by atoms with E-state index in [1.54, 1.807) is 49.7 Å². The number of carbonyl (C=O) groups excluding carboxylic acids is 1. The summed E-state index contributed by atoms with van der Waals surface area (Å²) < 4.78 is 5.25. The van der Waals surface area contributed by atoms with E-state index in [1.807, 2.05) is 11.0 Å². The van der Waals surface area contributed by atoms with Gasteiger partial charge in [-0.05, 0) is 37.1 Å². The highest BCUT2D eigenvalue weighted by atomic mass is 35.5. The second-order valence-corrected chi connectivity index (χ2v) is 8.21. The lowest BCUT2D eigenvalue weighted by Gasteiger charge is -2.26. The van der Waals surface area contributed by atoms with Crippen molar-refractivity contribution in [3.8, 4) is 5.75 Å². The molecule has 10 nitrogen and oxygen atoms in total. The van der Waals surface area contributed by atoms with Crippen molar-refractivity contribution in [3.63, 3.8) is 0 Å². The minimum Gasteiger partial charge on any atom is -0.495 e. The lowest BCUT2D eigenvalue weighted by Crippen LogP contribution is -2.34. The summed E-state index contributed by atoms with van der Waals surface area (Å²) in [6.45, 7) is 0.916. The zero-order valence-electron chi connectivity index (χ0n) is 19.0. The van der Waals surface area contributed by atoms with Crippen molar-refractivity contribution in [3.05, 3.63) is 59.3 Å². The predicted octanol–water partition coefficient (Wildman–Crippen LogP) is 2.59. The number of carbonyl (C=O) groups is 1. The third-order valence-corrected chi connectivity index (χ3v) is 6.01. The van der Waals surface area contributed by atoms with E-state index in [1.165, 1.54) is 6.20 Å². The molecule has 1 amide bonds. The van der Waals surface area contributed by atoms with Crippen LogP contribution < -0.4 is 19.9 Å². The summed E-state index contributed by atoms with van der Waals surface area (Å²) in [4.78, 5) is 34.3. The molecule has 34 heavy (non-hydrogen) atoms. The Hall–Kier alpha value is -3.50. The number of methoxy groups -OCH3 is 1. The molecule has 2 N–H and O–H groups in total. The molecule has 3 heterocycles. The minimum atomic E-state index is -0.361. The van der Waals surface area contributed by atoms with Crippen molar-refractivity contribution < 1.29 is 14.6 Å². The van der Waals surface area contributed by atoms with E-state index in [9.17, 15) is 9.90 Å². The van der Waals surface area contributed by atoms with Crippen molar-refractivity contribution in [1.29, 1.82) is 0 Å². The second-order valence-electron chi connectivity index (χ2n) is 7.80. The van der Waals surface area contributed by atoms with Crippen molar-refractivity contribution in [2.45, 2.75) is 25.4 Å². The number of nitrogens with zero attached hydrogens (tertiary/aromatic N) is 6. The Morgan fingerprint density at radius 3 is 2.82 bits per heavy atom. The number of rotatable bonds is 8. The van der Waals surface area contributed by atoms with Crippen LogP contribution in [0, 0.1) is 0 Å². The fourth-order valence-electron chi connectivity index (χ4n) is 3.87. The summed E-state index contributed by atoms with van der Waals surface area (Å²) in [5, 5.41) is 13.0. The first-order valence-corrected chi connectivity index (χ1v) is 11.3. The largest absolute Gasteiger partial charge is 0.495 e. The Labute approximate surface area is 202 Å². The minimum absolute atomic E-state index is 0.0158. The Morgan fingerprint density at radius 1 is 1.32 bits per heavy atom. The van der Waals surface area contributed by atoms with Gasteiger partial charge in [0.25, 0.3) is 5.91 Å². The van der Waals surface area contributed by atoms with Crippen LogP contribution in [0.3, 0.4) is 0 Å². The second kappa shape index (κ2) is 10.6. The van der Waals surface area contributed by atoms with E-state index in [2.05, 4.69) is 20.3 Å². The predicted molar refractivity (Wildman–Crippen MR) is 129 cm³/mol. The molecule has 1 aliphatic rings. The van der Waals surface area contributed by atoms with E-state index in [0.29, 0.717) is 28.4 Å². The van der Waals surface area contributed by atoms with Gasteiger partial charge >= 0.3 is 0 Å². The van der Waals surface area contributed by atoms with Crippen LogP contribution in [0.4, 0.5) is 17.5 Å². The van der Waals surface area contributed by atoms with E-state index >= 15 is 0 Å². The van der Waals surface area contributed by atoms with Crippen molar-refractivity contribution in [2.24, 2.45) is 0 Å². The average Bonchev–Trinajstić information content (AvgIpc) is 3.36. The maximum atomic E-state index is 13.1. The first-order chi connectivity index (χ1) is 16.5. The molecule has 3 aromatic rings. The molecule has 0 spiro atoms. The van der Waals surface area contributed by atoms with Gasteiger partial charge < -0.3 is 25.0 Å². The third kappa shape index (κ3) is 5.02. The van der Waals surface area contributed by atoms with Gasteiger partial charge in [0.05, 0.1) is 31.3 Å². The van der Waals surface area contributed by atoms with Gasteiger partial charge in [0, 0.05) is 37.9 Å². The van der Waals surface area contributed by atoms with Gasteiger partial charge in [-0.1, -0.05) is 11.6 Å². The van der Waals surface area contributed by atoms with Crippen LogP contribution in [-0.4, -0.2) is 64.3 Å². The first kappa shape index (κ1) is 23.7. The lowest BCUT2D eigenvalue weighted by atomic mass is 10.2. The summed E-state index contributed by atoms with van der Waals surface area (Å²) in [6.07, 6.45) is 6.54. The molecule has 1 saturated heterocycles. The third-order valence-electron chi connectivity index (χ3n) is 5.71. The number of amides is 1. The summed E-state index contributed by atoms with van der Waals surface area (Å²) in [5.74, 6) is 1.54. The summed E-state index contributed by atoms with van der Waals surface area (Å²) in [7, 11) is 3.35. The highest BCUT2D eigenvalue weighted by Crippen LogP contribution is 2.33. The molecule has 1 atom stereocenters. The van der Waals surface area contributed by atoms with E-state index in [-0.39, 0.29) is 30.7 Å². The number of aromatic nitrogens is 4. The Bertz CT molecular complexity index is 1150. The molecule has 4 rings (SSSR count). The number of anilines is 3. The van der Waals surface area contributed by atoms with Crippen LogP contribution in [0.15, 0.2) is 42.9 Å². The van der Waals surface area contributed by atoms with Crippen molar-refractivity contribution in [1.82, 2.24) is 25.3 Å². The standard InChI is InChI=1S/C23H26ClN7O3/c1-30(15-6-7-19(34-2)18(24)11-15)21-17(22(33)27-13-20-25-8-4-9-26-20)12-28-23(29-21)31-10-3-5-16(31)14-32/h4,6-9,11-12,16,32H,3,5,10,13-14H2,1-2H3,(H,27,33)/t16-/m0/s1. The smallest absolute Gasteiger partial charge is 0.257 e. The SMILES string of the molecule is COc1ccc(N(C)c2nc(N3CCC[C@H]3CO)ncc2C(=O)NCc2ncccn2)cc1Cl. The number of aliphatic hydroxyl groups is 1. The maximum Gasteiger partial charge on any atom is 0.257 e. The molecule has 2 aromatic heterocycles. The molecule has 11 heteroatoms. The summed E-state index contributed by atoms with van der Waals surface area (Å²) in [5.41, 5.74) is 1.00. The van der Waals surface area contributed by atoms with Gasteiger partial charge in [-0.2, -0.15) is 4.98 Å². The zero-order valence-corrected chi connectivity index (χ0v) is 19.7. The van der Waals surface area contributed by atoms with Crippen LogP contribution in [0.5, 0.6) is 5.75 Å². The van der Waals surface area contributed by atoms with Crippen LogP contribution in [0.2, 0.25) is 5.02 Å². The number of benzene rings is 1. The maximum absolute atomic E-state index is 13.1. The van der Waals surface area contributed by atoms with Gasteiger partial charge in [-0.15, -0.1) is 0 Å². The number of halogens is 1. The molecule has 0 unspecified atom stereocenters. The molecule has 1 fully saturated rings. The van der Waals surface area contributed by atoms with E-state index < -0.39 is 0 Å². The van der Waals surface area contributed by atoms with E-state index in [4.69, 9.17) is 21.3 Å². The number of ether oxygens (including phenoxy) is 1. The molecule has 0 aliphatic carbocycles. The molecule has 1 aliphatic heterocycles. The Kier molecular flexibility index (Phi) is 7.39. The highest BCUT2D eigenvalue weighted by Gasteiger charge is 2.28. The average molecular weight is 484 g/mol. The van der Waals surface area contributed by atoms with Crippen molar-refractivity contribution >= 4 is 35.0 Å². The van der Waals surface area contributed by atoms with Crippen LogP contribution in [0.1, 0.15) is 29.0 Å². The Morgan fingerprint density at radius 2 is 2.12 bits per heavy atom. The fourth-order valence-corrected chi connectivity index (χ4v) is 4.12. The number of hydrogen-bond donors (Lipinski definition) is 2. The molecule has 0 saturated carbocycles. The molecule has 178 valence electrons. The molecular formula is C23H26ClN7O3. The van der Waals surface area contributed by atoms with E-state index in [0.717, 1.165) is 25.1 Å². The highest BCUT2D eigenvalue weighted by molar-refractivity contribution is 6.32. The van der Waals surface area contributed by atoms with Gasteiger partial charge in [0.15, 0.2) is 5.82 Å². The van der Waals surface area contributed by atoms with Gasteiger partial charge in [-0.3, -0.25) is 4.79 Å². The number of aliphatic hydroxyl groups excluding tert-OH is 1. The summed E-state index contributed by atoms with van der Waals surface area (Å²) in [6, 6.07) is 6.99. The Balaban J connectivity index is 1.68. The normalized spacial score (nSPS) is 15.3.